The second-order valence-electron chi connectivity index (χ2n) is 4.35. The van der Waals surface area contributed by atoms with Gasteiger partial charge in [0, 0.05) is 11.8 Å². The van der Waals surface area contributed by atoms with E-state index in [9.17, 15) is 18.4 Å². The van der Waals surface area contributed by atoms with Crippen molar-refractivity contribution < 1.29 is 28.2 Å². The molecular weight excluding hydrogens is 274 g/mol. The summed E-state index contributed by atoms with van der Waals surface area (Å²) in [7, 11) is 0. The van der Waals surface area contributed by atoms with Crippen LogP contribution in [0.3, 0.4) is 0 Å². The molecule has 6 nitrogen and oxygen atoms in total. The zero-order valence-corrected chi connectivity index (χ0v) is 10.2. The summed E-state index contributed by atoms with van der Waals surface area (Å²) in [5.74, 6) is -3.57. The number of nitrogens with one attached hydrogen (secondary N) is 2. The molecule has 1 saturated heterocycles. The molecule has 0 bridgehead atoms. The molecule has 1 aromatic carbocycles. The van der Waals surface area contributed by atoms with Crippen LogP contribution in [0.2, 0.25) is 0 Å². The summed E-state index contributed by atoms with van der Waals surface area (Å²) >= 11 is 0. The lowest BCUT2D eigenvalue weighted by molar-refractivity contribution is -0.142. The average molecular weight is 286 g/mol. The van der Waals surface area contributed by atoms with Gasteiger partial charge in [-0.1, -0.05) is 0 Å². The van der Waals surface area contributed by atoms with Crippen LogP contribution in [0, 0.1) is 17.6 Å². The second-order valence-corrected chi connectivity index (χ2v) is 4.35. The molecule has 1 heterocycles. The van der Waals surface area contributed by atoms with Gasteiger partial charge in [0.25, 0.3) is 0 Å². The van der Waals surface area contributed by atoms with Crippen molar-refractivity contribution in [2.75, 3.05) is 18.5 Å². The molecule has 2 amide bonds. The van der Waals surface area contributed by atoms with Gasteiger partial charge in [-0.05, 0) is 12.1 Å². The van der Waals surface area contributed by atoms with E-state index in [2.05, 4.69) is 10.6 Å². The van der Waals surface area contributed by atoms with E-state index >= 15 is 0 Å². The average Bonchev–Trinajstić information content (AvgIpc) is 2.75. The Kier molecular flexibility index (Phi) is 4.14. The molecular formula is C12H12F2N2O4. The van der Waals surface area contributed by atoms with E-state index in [4.69, 9.17) is 9.84 Å². The normalized spacial score (nSPS) is 21.5. The molecule has 2 unspecified atom stereocenters. The molecule has 2 atom stereocenters. The zero-order valence-electron chi connectivity index (χ0n) is 10.2. The summed E-state index contributed by atoms with van der Waals surface area (Å²) in [5.41, 5.74) is -0.0641. The van der Waals surface area contributed by atoms with Gasteiger partial charge in [-0.3, -0.25) is 4.79 Å². The topological polar surface area (TPSA) is 87.7 Å². The highest BCUT2D eigenvalue weighted by Gasteiger charge is 2.35. The van der Waals surface area contributed by atoms with E-state index in [-0.39, 0.29) is 18.9 Å². The quantitative estimate of drug-likeness (QED) is 0.778. The van der Waals surface area contributed by atoms with E-state index in [0.717, 1.165) is 12.1 Å². The standard InChI is InChI=1S/C12H12F2N2O4/c13-6-1-7(14)3-8(2-6)15-12(19)16-10-5-20-4-9(10)11(17)18/h1-3,9-10H,4-5H2,(H,17,18)(H2,15,16,19). The molecule has 3 N–H and O–H groups in total. The van der Waals surface area contributed by atoms with Crippen molar-refractivity contribution in [3.05, 3.63) is 29.8 Å². The minimum atomic E-state index is -1.08. The van der Waals surface area contributed by atoms with Crippen LogP contribution in [0.5, 0.6) is 0 Å². The summed E-state index contributed by atoms with van der Waals surface area (Å²) in [6.07, 6.45) is 0. The monoisotopic (exact) mass is 286 g/mol. The third-order valence-corrected chi connectivity index (χ3v) is 2.83. The van der Waals surface area contributed by atoms with Gasteiger partial charge in [0.1, 0.15) is 17.6 Å². The molecule has 1 aromatic rings. The minimum Gasteiger partial charge on any atom is -0.481 e. The molecule has 8 heteroatoms. The first-order chi connectivity index (χ1) is 9.45. The number of amides is 2. The summed E-state index contributed by atoms with van der Waals surface area (Å²) < 4.78 is 30.9. The predicted molar refractivity (Wildman–Crippen MR) is 64.2 cm³/mol. The Morgan fingerprint density at radius 1 is 1.20 bits per heavy atom. The number of carbonyl (C=O) groups is 2. The number of benzene rings is 1. The molecule has 0 aromatic heterocycles. The molecule has 1 fully saturated rings. The molecule has 0 radical (unpaired) electrons. The zero-order chi connectivity index (χ0) is 14.7. The fourth-order valence-corrected chi connectivity index (χ4v) is 1.90. The Bertz CT molecular complexity index is 518. The first-order valence-corrected chi connectivity index (χ1v) is 5.80. The van der Waals surface area contributed by atoms with Crippen molar-refractivity contribution in [2.24, 2.45) is 5.92 Å². The van der Waals surface area contributed by atoms with Crippen molar-refractivity contribution in [2.45, 2.75) is 6.04 Å². The smallest absolute Gasteiger partial charge is 0.319 e. The third-order valence-electron chi connectivity index (χ3n) is 2.83. The molecule has 2 rings (SSSR count). The first kappa shape index (κ1) is 14.2. The Balaban J connectivity index is 1.97. The van der Waals surface area contributed by atoms with Gasteiger partial charge in [0.2, 0.25) is 0 Å². The summed E-state index contributed by atoms with van der Waals surface area (Å²) in [4.78, 5) is 22.5. The van der Waals surface area contributed by atoms with Crippen LogP contribution in [-0.2, 0) is 9.53 Å². The number of halogens is 2. The van der Waals surface area contributed by atoms with Gasteiger partial charge < -0.3 is 20.5 Å². The second kappa shape index (κ2) is 5.83. The Morgan fingerprint density at radius 3 is 2.45 bits per heavy atom. The van der Waals surface area contributed by atoms with Gasteiger partial charge in [-0.2, -0.15) is 0 Å². The Morgan fingerprint density at radius 2 is 1.85 bits per heavy atom. The number of hydrogen-bond acceptors (Lipinski definition) is 3. The fraction of sp³-hybridized carbons (Fsp3) is 0.333. The van der Waals surface area contributed by atoms with E-state index in [1.54, 1.807) is 0 Å². The molecule has 0 aliphatic carbocycles. The van der Waals surface area contributed by atoms with Crippen LogP contribution in [-0.4, -0.2) is 36.4 Å². The maximum atomic E-state index is 12.9. The predicted octanol–water partition coefficient (Wildman–Crippen LogP) is 1.19. The SMILES string of the molecule is O=C(Nc1cc(F)cc(F)c1)NC1COCC1C(=O)O. The lowest BCUT2D eigenvalue weighted by Gasteiger charge is -2.16. The van der Waals surface area contributed by atoms with Gasteiger partial charge in [-0.25, -0.2) is 13.6 Å². The molecule has 1 aliphatic heterocycles. The van der Waals surface area contributed by atoms with Crippen molar-refractivity contribution in [1.29, 1.82) is 0 Å². The fourth-order valence-electron chi connectivity index (χ4n) is 1.90. The van der Waals surface area contributed by atoms with Gasteiger partial charge in [0.05, 0.1) is 19.3 Å². The maximum absolute atomic E-state index is 12.9. The first-order valence-electron chi connectivity index (χ1n) is 5.80. The van der Waals surface area contributed by atoms with Crippen molar-refractivity contribution in [3.8, 4) is 0 Å². The van der Waals surface area contributed by atoms with Gasteiger partial charge >= 0.3 is 12.0 Å². The third kappa shape index (κ3) is 3.41. The van der Waals surface area contributed by atoms with Crippen molar-refractivity contribution in [1.82, 2.24) is 5.32 Å². The highest BCUT2D eigenvalue weighted by Crippen LogP contribution is 2.15. The van der Waals surface area contributed by atoms with Crippen LogP contribution < -0.4 is 10.6 Å². The minimum absolute atomic E-state index is 0.00880. The Labute approximate surface area is 112 Å². The number of hydrogen-bond donors (Lipinski definition) is 3. The number of ether oxygens (including phenoxy) is 1. The molecule has 0 spiro atoms. The maximum Gasteiger partial charge on any atom is 0.319 e. The summed E-state index contributed by atoms with van der Waals surface area (Å²) in [6, 6.07) is 1.13. The van der Waals surface area contributed by atoms with Crippen LogP contribution in [0.25, 0.3) is 0 Å². The molecule has 20 heavy (non-hydrogen) atoms. The van der Waals surface area contributed by atoms with E-state index in [1.807, 2.05) is 0 Å². The van der Waals surface area contributed by atoms with E-state index in [0.29, 0.717) is 6.07 Å². The number of aliphatic carboxylic acids is 1. The van der Waals surface area contributed by atoms with Crippen LogP contribution in [0.15, 0.2) is 18.2 Å². The summed E-state index contributed by atoms with van der Waals surface area (Å²) in [6.45, 7) is 0.0801. The number of anilines is 1. The lowest BCUT2D eigenvalue weighted by atomic mass is 10.0. The molecule has 0 saturated carbocycles. The van der Waals surface area contributed by atoms with Crippen LogP contribution >= 0.6 is 0 Å². The van der Waals surface area contributed by atoms with Crippen LogP contribution in [0.1, 0.15) is 0 Å². The van der Waals surface area contributed by atoms with Crippen LogP contribution in [0.4, 0.5) is 19.3 Å². The highest BCUT2D eigenvalue weighted by molar-refractivity contribution is 5.89. The molecule has 108 valence electrons. The number of urea groups is 1. The Hall–Kier alpha value is -2.22. The summed E-state index contributed by atoms with van der Waals surface area (Å²) in [5, 5.41) is 13.5. The number of rotatable bonds is 3. The van der Waals surface area contributed by atoms with Gasteiger partial charge in [-0.15, -0.1) is 0 Å². The number of carboxylic acids is 1. The highest BCUT2D eigenvalue weighted by atomic mass is 19.1. The molecule has 1 aliphatic rings. The van der Waals surface area contributed by atoms with E-state index < -0.39 is 35.6 Å². The van der Waals surface area contributed by atoms with E-state index in [1.165, 1.54) is 0 Å². The largest absolute Gasteiger partial charge is 0.481 e. The number of carbonyl (C=O) groups excluding carboxylic acids is 1. The van der Waals surface area contributed by atoms with Gasteiger partial charge in [0.15, 0.2) is 0 Å². The van der Waals surface area contributed by atoms with Crippen molar-refractivity contribution >= 4 is 17.7 Å². The van der Waals surface area contributed by atoms with Crippen molar-refractivity contribution in [3.63, 3.8) is 0 Å². The number of carboxylic acid groups (broad SMARTS) is 1. The lowest BCUT2D eigenvalue weighted by Crippen LogP contribution is -2.44.